The predicted molar refractivity (Wildman–Crippen MR) is 101 cm³/mol. The molecular weight excluding hydrogens is 340 g/mol. The van der Waals surface area contributed by atoms with Crippen LogP contribution in [0.1, 0.15) is 40.0 Å². The molecule has 2 heterocycles. The first kappa shape index (κ1) is 19.9. The quantitative estimate of drug-likeness (QED) is 0.725. The molecule has 0 aliphatic carbocycles. The molecule has 1 aliphatic rings. The molecule has 1 aromatic heterocycles. The van der Waals surface area contributed by atoms with Gasteiger partial charge in [-0.3, -0.25) is 0 Å². The number of ether oxygens (including phenoxy) is 1. The minimum atomic E-state index is -2.95. The van der Waals surface area contributed by atoms with Gasteiger partial charge >= 0.3 is 0 Å². The van der Waals surface area contributed by atoms with Gasteiger partial charge in [-0.2, -0.15) is 0 Å². The van der Waals surface area contributed by atoms with Crippen molar-refractivity contribution in [2.24, 2.45) is 5.92 Å². The summed E-state index contributed by atoms with van der Waals surface area (Å²) in [5, 5.41) is 6.71. The van der Waals surface area contributed by atoms with Crippen LogP contribution in [-0.4, -0.2) is 55.2 Å². The van der Waals surface area contributed by atoms with Gasteiger partial charge in [0, 0.05) is 25.0 Å². The van der Waals surface area contributed by atoms with Crippen molar-refractivity contribution in [3.05, 3.63) is 12.4 Å². The summed E-state index contributed by atoms with van der Waals surface area (Å²) in [4.78, 5) is 8.53. The van der Waals surface area contributed by atoms with Gasteiger partial charge in [-0.15, -0.1) is 0 Å². The lowest BCUT2D eigenvalue weighted by molar-refractivity contribution is -0.0203. The number of anilines is 2. The minimum Gasteiger partial charge on any atom is -0.376 e. The number of hydrogen-bond acceptors (Lipinski definition) is 7. The highest BCUT2D eigenvalue weighted by Crippen LogP contribution is 2.24. The van der Waals surface area contributed by atoms with E-state index in [1.54, 1.807) is 0 Å². The first-order valence-electron chi connectivity index (χ1n) is 8.89. The second-order valence-electron chi connectivity index (χ2n) is 7.22. The summed E-state index contributed by atoms with van der Waals surface area (Å²) >= 11 is 0. The largest absolute Gasteiger partial charge is 0.376 e. The highest BCUT2D eigenvalue weighted by Gasteiger charge is 2.28. The van der Waals surface area contributed by atoms with Crippen LogP contribution in [0.3, 0.4) is 0 Å². The van der Waals surface area contributed by atoms with E-state index < -0.39 is 9.84 Å². The highest BCUT2D eigenvalue weighted by atomic mass is 32.2. The molecule has 142 valence electrons. The summed E-state index contributed by atoms with van der Waals surface area (Å²) in [6.07, 6.45) is 5.58. The van der Waals surface area contributed by atoms with Crippen molar-refractivity contribution in [1.29, 1.82) is 0 Å². The maximum absolute atomic E-state index is 11.3. The number of nitrogens with zero attached hydrogens (tertiary/aromatic N) is 2. The summed E-state index contributed by atoms with van der Waals surface area (Å²) in [7, 11) is -2.95. The molecule has 7 nitrogen and oxygen atoms in total. The van der Waals surface area contributed by atoms with Gasteiger partial charge in [-0.1, -0.05) is 13.8 Å². The Kier molecular flexibility index (Phi) is 7.01. The molecule has 25 heavy (non-hydrogen) atoms. The van der Waals surface area contributed by atoms with Gasteiger partial charge in [0.05, 0.1) is 17.9 Å². The van der Waals surface area contributed by atoms with E-state index >= 15 is 0 Å². The van der Waals surface area contributed by atoms with E-state index in [-0.39, 0.29) is 23.9 Å². The van der Waals surface area contributed by atoms with Crippen LogP contribution in [0.5, 0.6) is 0 Å². The van der Waals surface area contributed by atoms with Gasteiger partial charge < -0.3 is 15.4 Å². The molecule has 3 atom stereocenters. The summed E-state index contributed by atoms with van der Waals surface area (Å²) in [6.45, 7) is 7.10. The van der Waals surface area contributed by atoms with E-state index in [0.29, 0.717) is 18.2 Å². The van der Waals surface area contributed by atoms with Crippen LogP contribution in [0.4, 0.5) is 11.6 Å². The topological polar surface area (TPSA) is 93.2 Å². The zero-order valence-electron chi connectivity index (χ0n) is 15.5. The third-order valence-corrected chi connectivity index (χ3v) is 5.32. The molecule has 0 saturated carbocycles. The number of sulfone groups is 1. The van der Waals surface area contributed by atoms with Crippen molar-refractivity contribution in [2.75, 3.05) is 29.2 Å². The second-order valence-corrected chi connectivity index (χ2v) is 9.48. The molecule has 1 aliphatic heterocycles. The number of aromatic nitrogens is 2. The molecule has 0 aromatic carbocycles. The van der Waals surface area contributed by atoms with Crippen molar-refractivity contribution in [3.63, 3.8) is 0 Å². The second kappa shape index (κ2) is 8.80. The summed E-state index contributed by atoms with van der Waals surface area (Å²) < 4.78 is 28.5. The van der Waals surface area contributed by atoms with E-state index in [2.05, 4.69) is 34.4 Å². The molecule has 0 radical (unpaired) electrons. The van der Waals surface area contributed by atoms with Crippen LogP contribution in [0.25, 0.3) is 0 Å². The van der Waals surface area contributed by atoms with Crippen LogP contribution >= 0.6 is 0 Å². The SMILES string of the molecule is CC(C)[C@H]1OCCC[C@H]1Nc1cc(N[C@H](C)CCS(C)(=O)=O)ncn1. The fraction of sp³-hybridized carbons (Fsp3) is 0.765. The molecule has 1 saturated heterocycles. The lowest BCUT2D eigenvalue weighted by Gasteiger charge is -2.35. The zero-order valence-corrected chi connectivity index (χ0v) is 16.3. The van der Waals surface area contributed by atoms with Crippen LogP contribution < -0.4 is 10.6 Å². The first-order chi connectivity index (χ1) is 11.7. The van der Waals surface area contributed by atoms with Gasteiger partial charge in [0.25, 0.3) is 0 Å². The van der Waals surface area contributed by atoms with Crippen molar-refractivity contribution in [3.8, 4) is 0 Å². The Labute approximate surface area is 150 Å². The molecule has 2 rings (SSSR count). The standard InChI is InChI=1S/C17H30N4O3S/c1-12(2)17-14(6-5-8-24-17)21-16-10-15(18-11-19-16)20-13(3)7-9-25(4,22)23/h10-14,17H,5-9H2,1-4H3,(H2,18,19,20,21)/t13-,14-,17-/m1/s1. The van der Waals surface area contributed by atoms with Crippen LogP contribution in [0, 0.1) is 5.92 Å². The average molecular weight is 371 g/mol. The lowest BCUT2D eigenvalue weighted by Crippen LogP contribution is -2.43. The summed E-state index contributed by atoms with van der Waals surface area (Å²) in [5.74, 6) is 2.05. The third kappa shape index (κ3) is 6.78. The van der Waals surface area contributed by atoms with E-state index in [1.165, 1.54) is 12.6 Å². The Morgan fingerprint density at radius 2 is 2.00 bits per heavy atom. The van der Waals surface area contributed by atoms with E-state index in [0.717, 1.165) is 25.3 Å². The average Bonchev–Trinajstić information content (AvgIpc) is 2.53. The van der Waals surface area contributed by atoms with Crippen molar-refractivity contribution in [2.45, 2.75) is 58.2 Å². The van der Waals surface area contributed by atoms with Gasteiger partial charge in [0.2, 0.25) is 0 Å². The van der Waals surface area contributed by atoms with Crippen molar-refractivity contribution < 1.29 is 13.2 Å². The Morgan fingerprint density at radius 1 is 1.28 bits per heavy atom. The fourth-order valence-electron chi connectivity index (χ4n) is 3.04. The number of hydrogen-bond donors (Lipinski definition) is 2. The molecule has 0 amide bonds. The maximum Gasteiger partial charge on any atom is 0.147 e. The normalized spacial score (nSPS) is 22.6. The van der Waals surface area contributed by atoms with Crippen LogP contribution in [-0.2, 0) is 14.6 Å². The van der Waals surface area contributed by atoms with E-state index in [1.807, 2.05) is 13.0 Å². The van der Waals surface area contributed by atoms with E-state index in [9.17, 15) is 8.42 Å². The molecule has 8 heteroatoms. The molecule has 2 N–H and O–H groups in total. The molecule has 0 spiro atoms. The highest BCUT2D eigenvalue weighted by molar-refractivity contribution is 7.90. The minimum absolute atomic E-state index is 0.0129. The van der Waals surface area contributed by atoms with Gasteiger partial charge in [-0.05, 0) is 32.1 Å². The molecule has 0 unspecified atom stereocenters. The lowest BCUT2D eigenvalue weighted by atomic mass is 9.94. The van der Waals surface area contributed by atoms with Crippen LogP contribution in [0.2, 0.25) is 0 Å². The van der Waals surface area contributed by atoms with Crippen molar-refractivity contribution in [1.82, 2.24) is 9.97 Å². The Morgan fingerprint density at radius 3 is 2.68 bits per heavy atom. The van der Waals surface area contributed by atoms with E-state index in [4.69, 9.17) is 4.74 Å². The molecular formula is C17H30N4O3S. The third-order valence-electron chi connectivity index (χ3n) is 4.34. The number of nitrogens with one attached hydrogen (secondary N) is 2. The molecule has 0 bridgehead atoms. The van der Waals surface area contributed by atoms with Crippen molar-refractivity contribution >= 4 is 21.5 Å². The molecule has 1 fully saturated rings. The molecule has 1 aromatic rings. The van der Waals surface area contributed by atoms with Gasteiger partial charge in [-0.25, -0.2) is 18.4 Å². The Balaban J connectivity index is 1.96. The Hall–Kier alpha value is -1.41. The van der Waals surface area contributed by atoms with Crippen LogP contribution in [0.15, 0.2) is 12.4 Å². The first-order valence-corrected chi connectivity index (χ1v) is 10.9. The van der Waals surface area contributed by atoms with Gasteiger partial charge in [0.1, 0.15) is 27.8 Å². The fourth-order valence-corrected chi connectivity index (χ4v) is 3.82. The Bertz CT molecular complexity index is 651. The van der Waals surface area contributed by atoms with Gasteiger partial charge in [0.15, 0.2) is 0 Å². The monoisotopic (exact) mass is 370 g/mol. The zero-order chi connectivity index (χ0) is 18.4. The summed E-state index contributed by atoms with van der Waals surface area (Å²) in [5.41, 5.74) is 0. The number of rotatable bonds is 8. The predicted octanol–water partition coefficient (Wildman–Crippen LogP) is 2.33. The summed E-state index contributed by atoms with van der Waals surface area (Å²) in [6, 6.07) is 2.11. The maximum atomic E-state index is 11.3. The smallest absolute Gasteiger partial charge is 0.147 e.